The van der Waals surface area contributed by atoms with E-state index in [1.165, 1.54) is 12.8 Å². The molecule has 1 aliphatic heterocycles. The summed E-state index contributed by atoms with van der Waals surface area (Å²) in [6.07, 6.45) is 4.43. The van der Waals surface area contributed by atoms with Crippen LogP contribution in [0.2, 0.25) is 0 Å². The minimum atomic E-state index is -0.859. The van der Waals surface area contributed by atoms with Gasteiger partial charge in [0, 0.05) is 19.3 Å². The van der Waals surface area contributed by atoms with Gasteiger partial charge in [-0.05, 0) is 44.5 Å². The first-order valence-corrected chi connectivity index (χ1v) is 5.73. The Kier molecular flexibility index (Phi) is 3.01. The number of aromatic carboxylic acids is 1. The molecule has 1 fully saturated rings. The molecule has 4 heteroatoms. The molecule has 88 valence electrons. The Bertz CT molecular complexity index is 392. The normalized spacial score (nSPS) is 18.9. The van der Waals surface area contributed by atoms with Gasteiger partial charge in [0.25, 0.3) is 0 Å². The summed E-state index contributed by atoms with van der Waals surface area (Å²) in [7, 11) is 1.78. The van der Waals surface area contributed by atoms with Gasteiger partial charge in [0.05, 0.1) is 0 Å². The highest BCUT2D eigenvalue weighted by atomic mass is 16.4. The number of carbonyl (C=O) groups is 1. The molecule has 1 aromatic heterocycles. The molecular weight excluding hydrogens is 204 g/mol. The average molecular weight is 222 g/mol. The van der Waals surface area contributed by atoms with Crippen LogP contribution in [0.25, 0.3) is 0 Å². The van der Waals surface area contributed by atoms with Crippen LogP contribution in [-0.2, 0) is 7.05 Å². The second-order valence-electron chi connectivity index (χ2n) is 4.49. The Morgan fingerprint density at radius 1 is 1.44 bits per heavy atom. The first-order valence-electron chi connectivity index (χ1n) is 5.73. The lowest BCUT2D eigenvalue weighted by atomic mass is 10.1. The van der Waals surface area contributed by atoms with Gasteiger partial charge in [-0.2, -0.15) is 0 Å². The van der Waals surface area contributed by atoms with Crippen LogP contribution in [0.4, 0.5) is 0 Å². The van der Waals surface area contributed by atoms with Crippen molar-refractivity contribution in [1.29, 1.82) is 0 Å². The topological polar surface area (TPSA) is 45.5 Å². The predicted molar refractivity (Wildman–Crippen MR) is 61.6 cm³/mol. The van der Waals surface area contributed by atoms with Gasteiger partial charge in [0.2, 0.25) is 0 Å². The van der Waals surface area contributed by atoms with E-state index in [1.54, 1.807) is 17.7 Å². The standard InChI is InChI=1S/C12H18N2O2/c1-9(14-5-3-4-6-14)10-7-11(12(15)16)13(2)8-10/h7-9H,3-6H2,1-2H3,(H,15,16). The Hall–Kier alpha value is -1.29. The second-order valence-corrected chi connectivity index (χ2v) is 4.49. The van der Waals surface area contributed by atoms with Gasteiger partial charge < -0.3 is 9.67 Å². The molecule has 0 bridgehead atoms. The molecule has 2 heterocycles. The van der Waals surface area contributed by atoms with E-state index in [0.717, 1.165) is 18.7 Å². The molecule has 4 nitrogen and oxygen atoms in total. The largest absolute Gasteiger partial charge is 0.477 e. The molecule has 0 saturated carbocycles. The third-order valence-electron chi connectivity index (χ3n) is 3.42. The van der Waals surface area contributed by atoms with E-state index in [4.69, 9.17) is 5.11 Å². The van der Waals surface area contributed by atoms with Gasteiger partial charge in [-0.25, -0.2) is 4.79 Å². The van der Waals surface area contributed by atoms with Crippen LogP contribution >= 0.6 is 0 Å². The lowest BCUT2D eigenvalue weighted by Crippen LogP contribution is -2.22. The van der Waals surface area contributed by atoms with Crippen molar-refractivity contribution in [2.45, 2.75) is 25.8 Å². The molecule has 0 aromatic carbocycles. The fourth-order valence-electron chi connectivity index (χ4n) is 2.37. The minimum Gasteiger partial charge on any atom is -0.477 e. The van der Waals surface area contributed by atoms with E-state index < -0.39 is 5.97 Å². The van der Waals surface area contributed by atoms with Gasteiger partial charge in [0.1, 0.15) is 5.69 Å². The molecular formula is C12H18N2O2. The molecule has 0 amide bonds. The van der Waals surface area contributed by atoms with Crippen molar-refractivity contribution in [3.8, 4) is 0 Å². The zero-order valence-electron chi connectivity index (χ0n) is 9.81. The van der Waals surface area contributed by atoms with E-state index in [-0.39, 0.29) is 0 Å². The molecule has 1 atom stereocenters. The number of aromatic nitrogens is 1. The van der Waals surface area contributed by atoms with Crippen LogP contribution in [0.3, 0.4) is 0 Å². The van der Waals surface area contributed by atoms with E-state index in [1.807, 2.05) is 6.20 Å². The van der Waals surface area contributed by atoms with Gasteiger partial charge in [0.15, 0.2) is 0 Å². The number of hydrogen-bond donors (Lipinski definition) is 1. The molecule has 1 aromatic rings. The summed E-state index contributed by atoms with van der Waals surface area (Å²) in [5.41, 5.74) is 1.46. The second kappa shape index (κ2) is 4.29. The highest BCUT2D eigenvalue weighted by Gasteiger charge is 2.21. The summed E-state index contributed by atoms with van der Waals surface area (Å²) in [5, 5.41) is 8.99. The number of carboxylic acids is 1. The fraction of sp³-hybridized carbons (Fsp3) is 0.583. The number of rotatable bonds is 3. The van der Waals surface area contributed by atoms with Crippen LogP contribution < -0.4 is 0 Å². The Balaban J connectivity index is 2.20. The highest BCUT2D eigenvalue weighted by Crippen LogP contribution is 2.25. The van der Waals surface area contributed by atoms with Crippen LogP contribution in [-0.4, -0.2) is 33.6 Å². The Morgan fingerprint density at radius 2 is 2.06 bits per heavy atom. The SMILES string of the molecule is CC(c1cc(C(=O)O)n(C)c1)N1CCCC1. The maximum atomic E-state index is 10.9. The zero-order valence-corrected chi connectivity index (χ0v) is 9.81. The van der Waals surface area contributed by atoms with E-state index in [0.29, 0.717) is 11.7 Å². The lowest BCUT2D eigenvalue weighted by molar-refractivity contribution is 0.0686. The van der Waals surface area contributed by atoms with Crippen LogP contribution in [0.5, 0.6) is 0 Å². The Morgan fingerprint density at radius 3 is 2.56 bits per heavy atom. The number of aryl methyl sites for hydroxylation is 1. The van der Waals surface area contributed by atoms with E-state index >= 15 is 0 Å². The Labute approximate surface area is 95.5 Å². The van der Waals surface area contributed by atoms with Crippen molar-refractivity contribution >= 4 is 5.97 Å². The van der Waals surface area contributed by atoms with Crippen molar-refractivity contribution in [3.05, 3.63) is 23.5 Å². The maximum absolute atomic E-state index is 10.9. The summed E-state index contributed by atoms with van der Waals surface area (Å²) in [6, 6.07) is 2.10. The quantitative estimate of drug-likeness (QED) is 0.849. The summed E-state index contributed by atoms with van der Waals surface area (Å²) in [4.78, 5) is 13.3. The monoisotopic (exact) mass is 222 g/mol. The van der Waals surface area contributed by atoms with E-state index in [9.17, 15) is 4.79 Å². The smallest absolute Gasteiger partial charge is 0.352 e. The number of carboxylic acid groups (broad SMARTS) is 1. The van der Waals surface area contributed by atoms with Crippen molar-refractivity contribution in [3.63, 3.8) is 0 Å². The highest BCUT2D eigenvalue weighted by molar-refractivity contribution is 5.86. The minimum absolute atomic E-state index is 0.321. The third kappa shape index (κ3) is 1.97. The number of likely N-dealkylation sites (tertiary alicyclic amines) is 1. The van der Waals surface area contributed by atoms with Crippen LogP contribution in [0.15, 0.2) is 12.3 Å². The van der Waals surface area contributed by atoms with Crippen molar-refractivity contribution < 1.29 is 9.90 Å². The number of nitrogens with zero attached hydrogens (tertiary/aromatic N) is 2. The molecule has 0 radical (unpaired) electrons. The lowest BCUT2D eigenvalue weighted by Gasteiger charge is -2.22. The summed E-state index contributed by atoms with van der Waals surface area (Å²) >= 11 is 0. The molecule has 0 aliphatic carbocycles. The molecule has 1 saturated heterocycles. The molecule has 1 N–H and O–H groups in total. The predicted octanol–water partition coefficient (Wildman–Crippen LogP) is 1.88. The van der Waals surface area contributed by atoms with Gasteiger partial charge in [-0.3, -0.25) is 4.90 Å². The van der Waals surface area contributed by atoms with E-state index in [2.05, 4.69) is 11.8 Å². The maximum Gasteiger partial charge on any atom is 0.352 e. The third-order valence-corrected chi connectivity index (χ3v) is 3.42. The molecule has 16 heavy (non-hydrogen) atoms. The first-order chi connectivity index (χ1) is 7.59. The first kappa shape index (κ1) is 11.2. The van der Waals surface area contributed by atoms with Crippen LogP contribution in [0, 0.1) is 0 Å². The van der Waals surface area contributed by atoms with Gasteiger partial charge in [-0.1, -0.05) is 0 Å². The zero-order chi connectivity index (χ0) is 11.7. The molecule has 2 rings (SSSR count). The van der Waals surface area contributed by atoms with Crippen molar-refractivity contribution in [2.24, 2.45) is 7.05 Å². The number of hydrogen-bond acceptors (Lipinski definition) is 2. The summed E-state index contributed by atoms with van der Waals surface area (Å²) in [6.45, 7) is 4.39. The average Bonchev–Trinajstić information content (AvgIpc) is 2.84. The van der Waals surface area contributed by atoms with Crippen molar-refractivity contribution in [1.82, 2.24) is 9.47 Å². The molecule has 1 unspecified atom stereocenters. The molecule has 1 aliphatic rings. The fourth-order valence-corrected chi connectivity index (χ4v) is 2.37. The molecule has 0 spiro atoms. The van der Waals surface area contributed by atoms with Crippen LogP contribution in [0.1, 0.15) is 41.9 Å². The van der Waals surface area contributed by atoms with Gasteiger partial charge in [-0.15, -0.1) is 0 Å². The summed E-state index contributed by atoms with van der Waals surface area (Å²) < 4.78 is 1.68. The summed E-state index contributed by atoms with van der Waals surface area (Å²) in [5.74, 6) is -0.859. The van der Waals surface area contributed by atoms with Crippen molar-refractivity contribution in [2.75, 3.05) is 13.1 Å². The van der Waals surface area contributed by atoms with Gasteiger partial charge >= 0.3 is 5.97 Å².